The summed E-state index contributed by atoms with van der Waals surface area (Å²) >= 11 is 0. The molecule has 5 nitrogen and oxygen atoms in total. The van der Waals surface area contributed by atoms with Crippen molar-refractivity contribution >= 4 is 0 Å². The van der Waals surface area contributed by atoms with Gasteiger partial charge in [-0.2, -0.15) is 5.10 Å². The van der Waals surface area contributed by atoms with Crippen LogP contribution >= 0.6 is 0 Å². The number of nitrogens with zero attached hydrogens (tertiary/aromatic N) is 2. The third-order valence-corrected chi connectivity index (χ3v) is 4.77. The highest BCUT2D eigenvalue weighted by atomic mass is 19.1. The first-order valence-electron chi connectivity index (χ1n) is 8.64. The van der Waals surface area contributed by atoms with Gasteiger partial charge in [0.15, 0.2) is 0 Å². The molecule has 4 rings (SSSR count). The maximum Gasteiger partial charge on any atom is 0.123 e. The topological polar surface area (TPSA) is 53.2 Å². The summed E-state index contributed by atoms with van der Waals surface area (Å²) in [4.78, 5) is 2.55. The van der Waals surface area contributed by atoms with E-state index in [0.717, 1.165) is 49.1 Å². The highest BCUT2D eigenvalue weighted by molar-refractivity contribution is 5.62. The Labute approximate surface area is 141 Å². The summed E-state index contributed by atoms with van der Waals surface area (Å²) < 4.78 is 18.9. The number of hydrogen-bond donors (Lipinski definition) is 2. The van der Waals surface area contributed by atoms with Gasteiger partial charge >= 0.3 is 0 Å². The smallest absolute Gasteiger partial charge is 0.123 e. The van der Waals surface area contributed by atoms with Crippen LogP contribution in [0.3, 0.4) is 0 Å². The van der Waals surface area contributed by atoms with Crippen molar-refractivity contribution in [3.05, 3.63) is 41.8 Å². The van der Waals surface area contributed by atoms with E-state index in [9.17, 15) is 4.39 Å². The van der Waals surface area contributed by atoms with Gasteiger partial charge in [0.2, 0.25) is 0 Å². The van der Waals surface area contributed by atoms with E-state index in [-0.39, 0.29) is 11.9 Å². The van der Waals surface area contributed by atoms with Gasteiger partial charge in [-0.1, -0.05) is 0 Å². The maximum absolute atomic E-state index is 13.1. The number of ether oxygens (including phenoxy) is 1. The van der Waals surface area contributed by atoms with Crippen LogP contribution in [0.15, 0.2) is 30.5 Å². The second-order valence-electron chi connectivity index (χ2n) is 6.63. The van der Waals surface area contributed by atoms with E-state index in [4.69, 9.17) is 4.74 Å². The van der Waals surface area contributed by atoms with Crippen LogP contribution in [0, 0.1) is 5.82 Å². The van der Waals surface area contributed by atoms with E-state index < -0.39 is 0 Å². The highest BCUT2D eigenvalue weighted by Crippen LogP contribution is 2.28. The van der Waals surface area contributed by atoms with Crippen molar-refractivity contribution < 1.29 is 9.13 Å². The second-order valence-corrected chi connectivity index (χ2v) is 6.63. The molecule has 1 aromatic heterocycles. The largest absolute Gasteiger partial charge is 0.374 e. The molecule has 1 atom stereocenters. The third-order valence-electron chi connectivity index (χ3n) is 4.77. The summed E-state index contributed by atoms with van der Waals surface area (Å²) in [6, 6.07) is 7.27. The molecule has 1 aromatic carbocycles. The lowest BCUT2D eigenvalue weighted by atomic mass is 10.1. The summed E-state index contributed by atoms with van der Waals surface area (Å²) in [6.45, 7) is 4.46. The molecule has 2 fully saturated rings. The molecule has 0 spiro atoms. The Morgan fingerprint density at radius 3 is 2.92 bits per heavy atom. The monoisotopic (exact) mass is 330 g/mol. The van der Waals surface area contributed by atoms with Crippen molar-refractivity contribution in [2.24, 2.45) is 0 Å². The zero-order valence-electron chi connectivity index (χ0n) is 13.7. The molecule has 1 aliphatic carbocycles. The fourth-order valence-electron chi connectivity index (χ4n) is 3.32. The van der Waals surface area contributed by atoms with Crippen LogP contribution in [-0.4, -0.2) is 53.5 Å². The SMILES string of the molecule is Fc1ccc(-c2[nH]ncc2CNCC2CN(C3CC3)CCO2)cc1. The van der Waals surface area contributed by atoms with Crippen LogP contribution < -0.4 is 5.32 Å². The minimum Gasteiger partial charge on any atom is -0.374 e. The molecule has 1 aliphatic heterocycles. The van der Waals surface area contributed by atoms with E-state index >= 15 is 0 Å². The van der Waals surface area contributed by atoms with Gasteiger partial charge in [0.05, 0.1) is 24.6 Å². The highest BCUT2D eigenvalue weighted by Gasteiger charge is 2.32. The molecule has 128 valence electrons. The fourth-order valence-corrected chi connectivity index (χ4v) is 3.32. The van der Waals surface area contributed by atoms with Crippen LogP contribution in [0.2, 0.25) is 0 Å². The minimum atomic E-state index is -0.229. The zero-order chi connectivity index (χ0) is 16.4. The first-order valence-corrected chi connectivity index (χ1v) is 8.64. The van der Waals surface area contributed by atoms with E-state index in [1.807, 2.05) is 6.20 Å². The molecule has 6 heteroatoms. The predicted molar refractivity (Wildman–Crippen MR) is 90.0 cm³/mol. The quantitative estimate of drug-likeness (QED) is 0.852. The van der Waals surface area contributed by atoms with Crippen molar-refractivity contribution in [2.45, 2.75) is 31.5 Å². The van der Waals surface area contributed by atoms with Gasteiger partial charge in [0, 0.05) is 43.3 Å². The molecular formula is C18H23FN4O. The Kier molecular flexibility index (Phi) is 4.60. The zero-order valence-corrected chi connectivity index (χ0v) is 13.7. The van der Waals surface area contributed by atoms with Crippen molar-refractivity contribution in [2.75, 3.05) is 26.2 Å². The molecule has 0 amide bonds. The van der Waals surface area contributed by atoms with Gasteiger partial charge in [0.25, 0.3) is 0 Å². The molecule has 2 heterocycles. The Balaban J connectivity index is 1.32. The number of aromatic nitrogens is 2. The van der Waals surface area contributed by atoms with E-state index in [1.165, 1.54) is 25.0 Å². The lowest BCUT2D eigenvalue weighted by Crippen LogP contribution is -2.47. The first kappa shape index (κ1) is 15.7. The Morgan fingerprint density at radius 2 is 2.12 bits per heavy atom. The van der Waals surface area contributed by atoms with Gasteiger partial charge in [-0.05, 0) is 37.1 Å². The number of morpholine rings is 1. The fraction of sp³-hybridized carbons (Fsp3) is 0.500. The van der Waals surface area contributed by atoms with Crippen molar-refractivity contribution in [3.63, 3.8) is 0 Å². The Morgan fingerprint density at radius 1 is 1.29 bits per heavy atom. The summed E-state index contributed by atoms with van der Waals surface area (Å²) in [5.74, 6) is -0.229. The summed E-state index contributed by atoms with van der Waals surface area (Å²) in [5, 5.41) is 10.6. The minimum absolute atomic E-state index is 0.229. The average Bonchev–Trinajstić information content (AvgIpc) is 3.36. The molecule has 0 radical (unpaired) electrons. The summed E-state index contributed by atoms with van der Waals surface area (Å²) in [6.07, 6.45) is 4.76. The number of hydrogen-bond acceptors (Lipinski definition) is 4. The van der Waals surface area contributed by atoms with E-state index in [2.05, 4.69) is 20.4 Å². The van der Waals surface area contributed by atoms with Crippen LogP contribution in [0.5, 0.6) is 0 Å². The van der Waals surface area contributed by atoms with Gasteiger partial charge in [0.1, 0.15) is 5.82 Å². The van der Waals surface area contributed by atoms with Crippen molar-refractivity contribution in [1.29, 1.82) is 0 Å². The predicted octanol–water partition coefficient (Wildman–Crippen LogP) is 2.17. The molecule has 0 bridgehead atoms. The van der Waals surface area contributed by atoms with Gasteiger partial charge in [-0.25, -0.2) is 4.39 Å². The Bertz CT molecular complexity index is 668. The standard InChI is InChI=1S/C18H23FN4O/c19-15-3-1-13(2-4-15)18-14(10-21-22-18)9-20-11-17-12-23(7-8-24-17)16-5-6-16/h1-4,10,16-17,20H,5-9,11-12H2,(H,21,22). The van der Waals surface area contributed by atoms with Gasteiger partial charge in [-0.15, -0.1) is 0 Å². The van der Waals surface area contributed by atoms with Crippen LogP contribution in [0.1, 0.15) is 18.4 Å². The van der Waals surface area contributed by atoms with Crippen LogP contribution in [0.4, 0.5) is 4.39 Å². The number of nitrogens with one attached hydrogen (secondary N) is 2. The number of H-pyrrole nitrogens is 1. The summed E-state index contributed by atoms with van der Waals surface area (Å²) in [7, 11) is 0. The molecule has 24 heavy (non-hydrogen) atoms. The van der Waals surface area contributed by atoms with Crippen molar-refractivity contribution in [3.8, 4) is 11.3 Å². The van der Waals surface area contributed by atoms with Gasteiger partial charge in [-0.3, -0.25) is 10.00 Å². The van der Waals surface area contributed by atoms with Crippen LogP contribution in [-0.2, 0) is 11.3 Å². The lowest BCUT2D eigenvalue weighted by molar-refractivity contribution is -0.0301. The number of rotatable bonds is 6. The lowest BCUT2D eigenvalue weighted by Gasteiger charge is -2.33. The number of aromatic amines is 1. The molecule has 1 saturated heterocycles. The number of halogens is 1. The molecule has 1 saturated carbocycles. The third kappa shape index (κ3) is 3.66. The first-order chi connectivity index (χ1) is 11.8. The van der Waals surface area contributed by atoms with Crippen LogP contribution in [0.25, 0.3) is 11.3 Å². The molecule has 2 aromatic rings. The number of benzene rings is 1. The average molecular weight is 330 g/mol. The maximum atomic E-state index is 13.1. The molecule has 1 unspecified atom stereocenters. The van der Waals surface area contributed by atoms with E-state index in [0.29, 0.717) is 6.54 Å². The van der Waals surface area contributed by atoms with E-state index in [1.54, 1.807) is 12.1 Å². The normalized spacial score (nSPS) is 22.0. The molecule has 2 N–H and O–H groups in total. The second kappa shape index (κ2) is 7.01. The van der Waals surface area contributed by atoms with Gasteiger partial charge < -0.3 is 10.1 Å². The Hall–Kier alpha value is -1.76. The molecular weight excluding hydrogens is 307 g/mol. The summed E-state index contributed by atoms with van der Waals surface area (Å²) in [5.41, 5.74) is 2.96. The molecule has 2 aliphatic rings. The van der Waals surface area contributed by atoms with Crippen molar-refractivity contribution in [1.82, 2.24) is 20.4 Å².